The lowest BCUT2D eigenvalue weighted by atomic mass is 10.0. The van der Waals surface area contributed by atoms with Crippen molar-refractivity contribution in [3.8, 4) is 0 Å². The van der Waals surface area contributed by atoms with Gasteiger partial charge in [-0.05, 0) is 16.7 Å². The van der Waals surface area contributed by atoms with Gasteiger partial charge in [0.2, 0.25) is 11.7 Å². The molecule has 3 aromatic carbocycles. The Kier molecular flexibility index (Phi) is 9.62. The molecule has 2 N–H and O–H groups in total. The lowest BCUT2D eigenvalue weighted by Crippen LogP contribution is -2.53. The first-order chi connectivity index (χ1) is 16.9. The zero-order valence-electron chi connectivity index (χ0n) is 18.9. The van der Waals surface area contributed by atoms with Crippen LogP contribution in [-0.2, 0) is 38.6 Å². The van der Waals surface area contributed by atoms with Crippen LogP contribution in [0.25, 0.3) is 0 Å². The monoisotopic (exact) mass is 490 g/mol. The Morgan fingerprint density at radius 2 is 1.11 bits per heavy atom. The Bertz CT molecular complexity index is 1140. The van der Waals surface area contributed by atoms with Crippen molar-refractivity contribution in [3.63, 3.8) is 0 Å². The second kappa shape index (κ2) is 13.1. The fraction of sp³-hybridized carbons (Fsp3) is 0.185. The molecule has 2 atom stereocenters. The van der Waals surface area contributed by atoms with E-state index in [-0.39, 0.29) is 19.4 Å². The summed E-state index contributed by atoms with van der Waals surface area (Å²) in [6.07, 6.45) is -0.510. The molecule has 3 rings (SSSR count). The number of rotatable bonds is 11. The molecule has 0 aliphatic heterocycles. The summed E-state index contributed by atoms with van der Waals surface area (Å²) >= 11 is 3.64. The van der Waals surface area contributed by atoms with Gasteiger partial charge in [-0.3, -0.25) is 14.4 Å². The molecule has 180 valence electrons. The van der Waals surface area contributed by atoms with E-state index in [4.69, 9.17) is 4.74 Å². The van der Waals surface area contributed by atoms with Gasteiger partial charge in [-0.1, -0.05) is 104 Å². The number of ketones is 1. The van der Waals surface area contributed by atoms with E-state index in [9.17, 15) is 19.2 Å². The number of Topliss-reactive ketones (excluding diaryl/α,β-unsaturated/α-hetero) is 1. The largest absolute Gasteiger partial charge is 0.445 e. The molecular weight excluding hydrogens is 464 g/mol. The van der Waals surface area contributed by atoms with E-state index in [2.05, 4.69) is 23.3 Å². The highest BCUT2D eigenvalue weighted by Gasteiger charge is 2.29. The van der Waals surface area contributed by atoms with E-state index in [1.165, 1.54) is 0 Å². The third-order valence-corrected chi connectivity index (χ3v) is 5.45. The molecule has 7 nitrogen and oxygen atoms in total. The Hall–Kier alpha value is -3.91. The lowest BCUT2D eigenvalue weighted by Gasteiger charge is -2.22. The second-order valence-corrected chi connectivity index (χ2v) is 8.27. The molecule has 0 aromatic heterocycles. The van der Waals surface area contributed by atoms with Crippen LogP contribution >= 0.6 is 12.6 Å². The molecule has 2 amide bonds. The van der Waals surface area contributed by atoms with Gasteiger partial charge in [-0.25, -0.2) is 4.79 Å². The molecule has 0 radical (unpaired) electrons. The zero-order valence-corrected chi connectivity index (χ0v) is 19.8. The second-order valence-electron chi connectivity index (χ2n) is 7.87. The Morgan fingerprint density at radius 1 is 0.657 bits per heavy atom. The number of carbonyl (C=O) groups excluding carboxylic acids is 4. The van der Waals surface area contributed by atoms with Gasteiger partial charge in [-0.15, -0.1) is 0 Å². The molecule has 35 heavy (non-hydrogen) atoms. The summed E-state index contributed by atoms with van der Waals surface area (Å²) in [6, 6.07) is 25.1. The van der Waals surface area contributed by atoms with Crippen molar-refractivity contribution in [3.05, 3.63) is 108 Å². The standard InChI is InChI=1S/C27H26N2O5S/c30-24(26(32)35)22(16-19-10-4-1-5-11-19)28-25(31)23(17-20-12-6-2-7-13-20)29-27(33)34-18-21-14-8-3-9-15-21/h1-15,22-23H,16-18H2,(H,28,31)(H,29,33)(H,32,35)/t22-,23-/m0/s1. The minimum absolute atomic E-state index is 0.0373. The summed E-state index contributed by atoms with van der Waals surface area (Å²) in [7, 11) is 0. The topological polar surface area (TPSA) is 102 Å². The van der Waals surface area contributed by atoms with Crippen molar-refractivity contribution in [2.24, 2.45) is 0 Å². The van der Waals surface area contributed by atoms with Crippen LogP contribution in [0.1, 0.15) is 16.7 Å². The van der Waals surface area contributed by atoms with Gasteiger partial charge < -0.3 is 15.4 Å². The van der Waals surface area contributed by atoms with Crippen LogP contribution in [0.4, 0.5) is 4.79 Å². The van der Waals surface area contributed by atoms with Gasteiger partial charge in [0.25, 0.3) is 5.12 Å². The van der Waals surface area contributed by atoms with Crippen LogP contribution in [0.5, 0.6) is 0 Å². The summed E-state index contributed by atoms with van der Waals surface area (Å²) in [6.45, 7) is 0.0373. The molecular formula is C27H26N2O5S. The van der Waals surface area contributed by atoms with Crippen molar-refractivity contribution < 1.29 is 23.9 Å². The number of hydrogen-bond donors (Lipinski definition) is 3. The fourth-order valence-corrected chi connectivity index (χ4v) is 3.60. The summed E-state index contributed by atoms with van der Waals surface area (Å²) in [5.41, 5.74) is 2.36. The maximum Gasteiger partial charge on any atom is 0.408 e. The number of ether oxygens (including phenoxy) is 1. The number of nitrogens with one attached hydrogen (secondary N) is 2. The van der Waals surface area contributed by atoms with E-state index in [1.807, 2.05) is 66.7 Å². The predicted octanol–water partition coefficient (Wildman–Crippen LogP) is 3.28. The Balaban J connectivity index is 1.73. The van der Waals surface area contributed by atoms with Crippen molar-refractivity contribution in [1.29, 1.82) is 0 Å². The number of carbonyl (C=O) groups is 4. The highest BCUT2D eigenvalue weighted by molar-refractivity contribution is 7.98. The fourth-order valence-electron chi connectivity index (χ4n) is 3.45. The maximum atomic E-state index is 13.2. The molecule has 0 spiro atoms. The number of alkyl carbamates (subject to hydrolysis) is 1. The molecule has 0 saturated heterocycles. The quantitative estimate of drug-likeness (QED) is 0.283. The van der Waals surface area contributed by atoms with Crippen molar-refractivity contribution in [2.45, 2.75) is 31.5 Å². The van der Waals surface area contributed by atoms with Gasteiger partial charge in [0.1, 0.15) is 18.7 Å². The van der Waals surface area contributed by atoms with Gasteiger partial charge in [-0.2, -0.15) is 0 Å². The molecule has 0 aliphatic rings. The molecule has 0 fully saturated rings. The van der Waals surface area contributed by atoms with E-state index in [1.54, 1.807) is 24.3 Å². The molecule has 3 aromatic rings. The third kappa shape index (κ3) is 8.42. The van der Waals surface area contributed by atoms with E-state index in [0.717, 1.165) is 16.7 Å². The summed E-state index contributed by atoms with van der Waals surface area (Å²) in [4.78, 5) is 49.9. The van der Waals surface area contributed by atoms with Crippen LogP contribution in [0.3, 0.4) is 0 Å². The number of amides is 2. The average Bonchev–Trinajstić information content (AvgIpc) is 2.88. The number of thiol groups is 1. The molecule has 0 aliphatic carbocycles. The summed E-state index contributed by atoms with van der Waals surface area (Å²) in [5.74, 6) is -1.45. The van der Waals surface area contributed by atoms with E-state index in [0.29, 0.717) is 0 Å². The lowest BCUT2D eigenvalue weighted by molar-refractivity contribution is -0.135. The van der Waals surface area contributed by atoms with Crippen molar-refractivity contribution in [1.82, 2.24) is 10.6 Å². The van der Waals surface area contributed by atoms with E-state index >= 15 is 0 Å². The SMILES string of the molecule is O=C(N[C@@H](Cc1ccccc1)C(=O)N[C@@H](Cc1ccccc1)C(=O)C(=O)S)OCc1ccccc1. The van der Waals surface area contributed by atoms with Crippen LogP contribution in [-0.4, -0.2) is 35.0 Å². The van der Waals surface area contributed by atoms with Gasteiger partial charge in [0, 0.05) is 12.8 Å². The Morgan fingerprint density at radius 3 is 1.60 bits per heavy atom. The highest BCUT2D eigenvalue weighted by Crippen LogP contribution is 2.09. The molecule has 8 heteroatoms. The number of benzene rings is 3. The van der Waals surface area contributed by atoms with Crippen LogP contribution in [0, 0.1) is 0 Å². The first-order valence-electron chi connectivity index (χ1n) is 11.0. The predicted molar refractivity (Wildman–Crippen MR) is 135 cm³/mol. The molecule has 0 saturated carbocycles. The van der Waals surface area contributed by atoms with Crippen LogP contribution in [0.2, 0.25) is 0 Å². The smallest absolute Gasteiger partial charge is 0.408 e. The van der Waals surface area contributed by atoms with E-state index < -0.39 is 35.0 Å². The van der Waals surface area contributed by atoms with Crippen LogP contribution < -0.4 is 10.6 Å². The van der Waals surface area contributed by atoms with Crippen LogP contribution in [0.15, 0.2) is 91.0 Å². The normalized spacial score (nSPS) is 12.1. The minimum Gasteiger partial charge on any atom is -0.445 e. The summed E-state index contributed by atoms with van der Waals surface area (Å²) < 4.78 is 5.27. The highest BCUT2D eigenvalue weighted by atomic mass is 32.1. The van der Waals surface area contributed by atoms with Crippen molar-refractivity contribution >= 4 is 35.5 Å². The van der Waals surface area contributed by atoms with Gasteiger partial charge in [0.05, 0.1) is 0 Å². The molecule has 0 heterocycles. The Labute approximate surface area is 209 Å². The minimum atomic E-state index is -1.13. The first-order valence-corrected chi connectivity index (χ1v) is 11.5. The van der Waals surface area contributed by atoms with Gasteiger partial charge in [0.15, 0.2) is 0 Å². The van der Waals surface area contributed by atoms with Crippen molar-refractivity contribution in [2.75, 3.05) is 0 Å². The third-order valence-electron chi connectivity index (χ3n) is 5.23. The molecule has 0 bridgehead atoms. The summed E-state index contributed by atoms with van der Waals surface area (Å²) in [5, 5.41) is 4.24. The molecule has 0 unspecified atom stereocenters. The zero-order chi connectivity index (χ0) is 25.0. The maximum absolute atomic E-state index is 13.2. The average molecular weight is 491 g/mol. The number of hydrogen-bond acceptors (Lipinski definition) is 5. The first kappa shape index (κ1) is 25.7. The van der Waals surface area contributed by atoms with Gasteiger partial charge >= 0.3 is 6.09 Å².